The van der Waals surface area contributed by atoms with Crippen molar-refractivity contribution in [1.29, 1.82) is 0 Å². The molecule has 2 aromatic heterocycles. The van der Waals surface area contributed by atoms with Gasteiger partial charge in [-0.2, -0.15) is 0 Å². The molecule has 7 nitrogen and oxygen atoms in total. The van der Waals surface area contributed by atoms with Gasteiger partial charge >= 0.3 is 6.09 Å². The fraction of sp³-hybridized carbons (Fsp3) is 0.231. The van der Waals surface area contributed by atoms with Gasteiger partial charge in [0.2, 0.25) is 0 Å². The van der Waals surface area contributed by atoms with Gasteiger partial charge in [0.25, 0.3) is 0 Å². The number of halogens is 1. The molecule has 9 heteroatoms. The number of carbonyl (C=O) groups excluding carboxylic acids is 1. The van der Waals surface area contributed by atoms with Crippen LogP contribution in [0.3, 0.4) is 0 Å². The van der Waals surface area contributed by atoms with E-state index in [-0.39, 0.29) is 13.2 Å². The fourth-order valence-corrected chi connectivity index (χ4v) is 5.43. The van der Waals surface area contributed by atoms with Crippen LogP contribution in [-0.4, -0.2) is 33.1 Å². The quantitative estimate of drug-likeness (QED) is 0.376. The van der Waals surface area contributed by atoms with Gasteiger partial charge in [-0.25, -0.2) is 4.79 Å². The van der Waals surface area contributed by atoms with Gasteiger partial charge in [-0.05, 0) is 44.0 Å². The number of ether oxygens (including phenoxy) is 1. The molecular weight excluding hydrogens is 482 g/mol. The van der Waals surface area contributed by atoms with Crippen LogP contribution in [0.1, 0.15) is 44.8 Å². The summed E-state index contributed by atoms with van der Waals surface area (Å²) >= 11 is 7.85. The molecule has 0 aliphatic carbocycles. The summed E-state index contributed by atoms with van der Waals surface area (Å²) in [6, 6.07) is 16.8. The summed E-state index contributed by atoms with van der Waals surface area (Å²) in [6.45, 7) is 6.55. The zero-order chi connectivity index (χ0) is 24.5. The molecule has 1 aliphatic heterocycles. The Balaban J connectivity index is 1.49. The van der Waals surface area contributed by atoms with E-state index in [0.29, 0.717) is 10.8 Å². The van der Waals surface area contributed by atoms with Gasteiger partial charge < -0.3 is 10.1 Å². The molecule has 0 spiro atoms. The number of carbonyl (C=O) groups is 1. The van der Waals surface area contributed by atoms with Crippen molar-refractivity contribution >= 4 is 34.7 Å². The molecule has 0 saturated heterocycles. The molecule has 0 saturated carbocycles. The number of alkyl carbamates (subject to hydrolysis) is 1. The van der Waals surface area contributed by atoms with Crippen LogP contribution >= 0.6 is 22.9 Å². The molecule has 178 valence electrons. The van der Waals surface area contributed by atoms with Crippen LogP contribution in [0.2, 0.25) is 5.02 Å². The minimum Gasteiger partial charge on any atom is -0.445 e. The van der Waals surface area contributed by atoms with Crippen molar-refractivity contribution in [3.05, 3.63) is 98.4 Å². The van der Waals surface area contributed by atoms with Crippen LogP contribution in [-0.2, 0) is 11.3 Å². The molecule has 3 heterocycles. The lowest BCUT2D eigenvalue weighted by Gasteiger charge is -2.14. The van der Waals surface area contributed by atoms with Gasteiger partial charge in [-0.15, -0.1) is 21.5 Å². The van der Waals surface area contributed by atoms with Crippen molar-refractivity contribution < 1.29 is 9.53 Å². The maximum Gasteiger partial charge on any atom is 0.407 e. The maximum absolute atomic E-state index is 12.5. The van der Waals surface area contributed by atoms with E-state index in [0.717, 1.165) is 38.8 Å². The number of aliphatic imine (C=N–C) groups is 1. The van der Waals surface area contributed by atoms with Gasteiger partial charge in [-0.1, -0.05) is 54.1 Å². The number of hydrogen-bond donors (Lipinski definition) is 1. The molecule has 0 radical (unpaired) electrons. The predicted molar refractivity (Wildman–Crippen MR) is 138 cm³/mol. The van der Waals surface area contributed by atoms with Crippen molar-refractivity contribution in [1.82, 2.24) is 20.1 Å². The topological polar surface area (TPSA) is 81.4 Å². The van der Waals surface area contributed by atoms with Crippen molar-refractivity contribution in [2.75, 3.05) is 6.54 Å². The minimum atomic E-state index is -0.508. The molecule has 5 rings (SSSR count). The fourth-order valence-electron chi connectivity index (χ4n) is 4.09. The molecule has 0 fully saturated rings. The van der Waals surface area contributed by atoms with Gasteiger partial charge in [0, 0.05) is 21.0 Å². The van der Waals surface area contributed by atoms with Crippen LogP contribution in [0, 0.1) is 20.8 Å². The highest BCUT2D eigenvalue weighted by molar-refractivity contribution is 7.15. The van der Waals surface area contributed by atoms with E-state index in [1.807, 2.05) is 66.1 Å². The van der Waals surface area contributed by atoms with Crippen molar-refractivity contribution in [2.45, 2.75) is 33.4 Å². The number of fused-ring (bicyclic) bond motifs is 3. The number of aryl methyl sites for hydroxylation is 2. The highest BCUT2D eigenvalue weighted by Gasteiger charge is 2.31. The number of hydrogen-bond acceptors (Lipinski definition) is 6. The molecule has 1 atom stereocenters. The first-order valence-corrected chi connectivity index (χ1v) is 12.4. The van der Waals surface area contributed by atoms with Crippen LogP contribution in [0.5, 0.6) is 0 Å². The summed E-state index contributed by atoms with van der Waals surface area (Å²) in [5.41, 5.74) is 4.92. The van der Waals surface area contributed by atoms with Crippen molar-refractivity contribution in [3.63, 3.8) is 0 Å². The Labute approximate surface area is 212 Å². The number of aromatic nitrogens is 3. The Hall–Kier alpha value is -3.49. The third-order valence-corrected chi connectivity index (χ3v) is 7.45. The van der Waals surface area contributed by atoms with E-state index in [4.69, 9.17) is 21.3 Å². The highest BCUT2D eigenvalue weighted by Crippen LogP contribution is 2.38. The normalized spacial score (nSPS) is 14.5. The molecule has 35 heavy (non-hydrogen) atoms. The lowest BCUT2D eigenvalue weighted by molar-refractivity contribution is 0.139. The van der Waals surface area contributed by atoms with Crippen LogP contribution in [0.25, 0.3) is 5.00 Å². The SMILES string of the molecule is Cc1sc2c(c1C)C(c1ccc(Cl)cc1)=N[C@@H](CNC(=O)OCc1ccccc1)c1nnc(C)n1-2. The van der Waals surface area contributed by atoms with Crippen molar-refractivity contribution in [3.8, 4) is 5.00 Å². The second-order valence-electron chi connectivity index (χ2n) is 8.35. The molecule has 0 unspecified atom stereocenters. The van der Waals surface area contributed by atoms with Crippen LogP contribution in [0.15, 0.2) is 59.6 Å². The average molecular weight is 506 g/mol. The predicted octanol–water partition coefficient (Wildman–Crippen LogP) is 5.73. The van der Waals surface area contributed by atoms with Gasteiger partial charge in [-0.3, -0.25) is 9.56 Å². The Kier molecular flexibility index (Phi) is 6.40. The number of nitrogens with one attached hydrogen (secondary N) is 1. The van der Waals surface area contributed by atoms with Crippen LogP contribution in [0.4, 0.5) is 4.79 Å². The summed E-state index contributed by atoms with van der Waals surface area (Å²) in [5.74, 6) is 1.45. The molecular formula is C26H24ClN5O2S. The number of benzene rings is 2. The highest BCUT2D eigenvalue weighted by atomic mass is 35.5. The summed E-state index contributed by atoms with van der Waals surface area (Å²) in [6.07, 6.45) is -0.508. The lowest BCUT2D eigenvalue weighted by atomic mass is 10.00. The molecule has 1 N–H and O–H groups in total. The zero-order valence-electron chi connectivity index (χ0n) is 19.6. The summed E-state index contributed by atoms with van der Waals surface area (Å²) in [4.78, 5) is 18.8. The summed E-state index contributed by atoms with van der Waals surface area (Å²) in [7, 11) is 0. The standard InChI is InChI=1S/C26H24ClN5O2S/c1-15-16(2)35-25-22(15)23(19-9-11-20(27)12-10-19)29-21(24-31-30-17(3)32(24)25)13-28-26(33)34-14-18-7-5-4-6-8-18/h4-12,21H,13-14H2,1-3H3,(H,28,33)/t21-/m0/s1. The largest absolute Gasteiger partial charge is 0.445 e. The van der Waals surface area contributed by atoms with Gasteiger partial charge in [0.15, 0.2) is 5.82 Å². The summed E-state index contributed by atoms with van der Waals surface area (Å²) < 4.78 is 7.45. The van der Waals surface area contributed by atoms with E-state index < -0.39 is 12.1 Å². The van der Waals surface area contributed by atoms with E-state index in [9.17, 15) is 4.79 Å². The molecule has 0 bridgehead atoms. The van der Waals surface area contributed by atoms with Gasteiger partial charge in [0.1, 0.15) is 23.5 Å². The first kappa shape index (κ1) is 23.3. The third-order valence-electron chi connectivity index (χ3n) is 6.01. The molecule has 1 aliphatic rings. The number of thiophene rings is 1. The smallest absolute Gasteiger partial charge is 0.407 e. The Morgan fingerprint density at radius 2 is 1.83 bits per heavy atom. The monoisotopic (exact) mass is 505 g/mol. The zero-order valence-corrected chi connectivity index (χ0v) is 21.2. The van der Waals surface area contributed by atoms with E-state index in [1.54, 1.807) is 11.3 Å². The molecule has 1 amide bonds. The average Bonchev–Trinajstić information content (AvgIpc) is 3.33. The Morgan fingerprint density at radius 3 is 2.57 bits per heavy atom. The second-order valence-corrected chi connectivity index (χ2v) is 9.99. The Morgan fingerprint density at radius 1 is 1.09 bits per heavy atom. The Bertz CT molecular complexity index is 1410. The number of rotatable bonds is 5. The molecule has 2 aromatic carbocycles. The van der Waals surface area contributed by atoms with E-state index >= 15 is 0 Å². The lowest BCUT2D eigenvalue weighted by Crippen LogP contribution is -2.29. The van der Waals surface area contributed by atoms with Crippen LogP contribution < -0.4 is 5.32 Å². The first-order valence-electron chi connectivity index (χ1n) is 11.2. The second kappa shape index (κ2) is 9.64. The van der Waals surface area contributed by atoms with E-state index in [2.05, 4.69) is 29.4 Å². The van der Waals surface area contributed by atoms with Gasteiger partial charge in [0.05, 0.1) is 12.3 Å². The number of amides is 1. The van der Waals surface area contributed by atoms with E-state index in [1.165, 1.54) is 4.88 Å². The van der Waals surface area contributed by atoms with Crippen molar-refractivity contribution in [2.24, 2.45) is 4.99 Å². The summed E-state index contributed by atoms with van der Waals surface area (Å²) in [5, 5.41) is 13.3. The number of nitrogens with zero attached hydrogens (tertiary/aromatic N) is 4. The molecule has 4 aromatic rings. The maximum atomic E-state index is 12.5. The third kappa shape index (κ3) is 4.59. The minimum absolute atomic E-state index is 0.196. The first-order chi connectivity index (χ1) is 16.9.